The van der Waals surface area contributed by atoms with Gasteiger partial charge in [0, 0.05) is 12.1 Å². The highest BCUT2D eigenvalue weighted by Crippen LogP contribution is 2.16. The second kappa shape index (κ2) is 9.01. The lowest BCUT2D eigenvalue weighted by Crippen LogP contribution is -2.39. The van der Waals surface area contributed by atoms with Crippen molar-refractivity contribution in [3.05, 3.63) is 0 Å². The molecule has 0 bridgehead atoms. The van der Waals surface area contributed by atoms with Crippen molar-refractivity contribution in [2.45, 2.75) is 70.9 Å². The standard InChI is InChI=1S/C17H35N3/c1-3-19-12-6-9-17(10-15-19)18-11-7-14-20-13-5-4-8-16(20)2/h16-18H,3-15H2,1-2H3. The van der Waals surface area contributed by atoms with Crippen LogP contribution in [0, 0.1) is 0 Å². The molecule has 0 saturated carbocycles. The maximum Gasteiger partial charge on any atom is 0.00797 e. The first-order chi connectivity index (χ1) is 9.79. The van der Waals surface area contributed by atoms with Crippen LogP contribution >= 0.6 is 0 Å². The van der Waals surface area contributed by atoms with Gasteiger partial charge in [0.2, 0.25) is 0 Å². The van der Waals surface area contributed by atoms with Gasteiger partial charge in [-0.15, -0.1) is 0 Å². The summed E-state index contributed by atoms with van der Waals surface area (Å²) in [6.07, 6.45) is 9.65. The summed E-state index contributed by atoms with van der Waals surface area (Å²) in [5.74, 6) is 0. The lowest BCUT2D eigenvalue weighted by Gasteiger charge is -2.33. The van der Waals surface area contributed by atoms with Crippen LogP contribution in [0.3, 0.4) is 0 Å². The summed E-state index contributed by atoms with van der Waals surface area (Å²) in [5.41, 5.74) is 0. The minimum Gasteiger partial charge on any atom is -0.314 e. The summed E-state index contributed by atoms with van der Waals surface area (Å²) in [6.45, 7) is 12.3. The van der Waals surface area contributed by atoms with Gasteiger partial charge in [0.25, 0.3) is 0 Å². The number of rotatable bonds is 6. The van der Waals surface area contributed by atoms with Crippen LogP contribution in [0.2, 0.25) is 0 Å². The van der Waals surface area contributed by atoms with E-state index in [0.717, 1.165) is 12.1 Å². The molecule has 0 aliphatic carbocycles. The monoisotopic (exact) mass is 281 g/mol. The molecule has 2 atom stereocenters. The Morgan fingerprint density at radius 3 is 2.70 bits per heavy atom. The summed E-state index contributed by atoms with van der Waals surface area (Å²) in [4.78, 5) is 5.29. The van der Waals surface area contributed by atoms with E-state index >= 15 is 0 Å². The number of likely N-dealkylation sites (tertiary alicyclic amines) is 2. The van der Waals surface area contributed by atoms with Crippen molar-refractivity contribution >= 4 is 0 Å². The maximum absolute atomic E-state index is 3.81. The highest BCUT2D eigenvalue weighted by Gasteiger charge is 2.18. The van der Waals surface area contributed by atoms with Crippen molar-refractivity contribution in [2.24, 2.45) is 0 Å². The Labute approximate surface area is 126 Å². The van der Waals surface area contributed by atoms with Gasteiger partial charge in [-0.3, -0.25) is 0 Å². The van der Waals surface area contributed by atoms with Crippen LogP contribution in [0.1, 0.15) is 58.8 Å². The molecule has 118 valence electrons. The first-order valence-corrected chi connectivity index (χ1v) is 8.99. The molecule has 2 heterocycles. The van der Waals surface area contributed by atoms with Gasteiger partial charge in [0.05, 0.1) is 0 Å². The molecule has 0 aromatic heterocycles. The number of nitrogens with one attached hydrogen (secondary N) is 1. The fourth-order valence-electron chi connectivity index (χ4n) is 3.75. The lowest BCUT2D eigenvalue weighted by molar-refractivity contribution is 0.158. The normalized spacial score (nSPS) is 30.3. The number of hydrogen-bond acceptors (Lipinski definition) is 3. The molecule has 0 aromatic carbocycles. The first-order valence-electron chi connectivity index (χ1n) is 8.99. The van der Waals surface area contributed by atoms with E-state index in [9.17, 15) is 0 Å². The molecule has 20 heavy (non-hydrogen) atoms. The molecule has 2 fully saturated rings. The molecule has 3 nitrogen and oxygen atoms in total. The summed E-state index contributed by atoms with van der Waals surface area (Å²) in [5, 5.41) is 3.81. The van der Waals surface area contributed by atoms with Crippen LogP contribution < -0.4 is 5.32 Å². The van der Waals surface area contributed by atoms with Gasteiger partial charge in [-0.1, -0.05) is 13.3 Å². The van der Waals surface area contributed by atoms with Gasteiger partial charge in [0.15, 0.2) is 0 Å². The third kappa shape index (κ3) is 5.34. The zero-order chi connectivity index (χ0) is 14.2. The van der Waals surface area contributed by atoms with Gasteiger partial charge in [-0.25, -0.2) is 0 Å². The fourth-order valence-corrected chi connectivity index (χ4v) is 3.75. The SMILES string of the molecule is CCN1CCCC(NCCCN2CCCCC2C)CC1. The van der Waals surface area contributed by atoms with Gasteiger partial charge in [-0.05, 0) is 84.7 Å². The zero-order valence-corrected chi connectivity index (χ0v) is 13.7. The van der Waals surface area contributed by atoms with Crippen LogP contribution in [0.15, 0.2) is 0 Å². The topological polar surface area (TPSA) is 18.5 Å². The molecule has 2 unspecified atom stereocenters. The van der Waals surface area contributed by atoms with E-state index in [1.807, 2.05) is 0 Å². The molecule has 2 rings (SSSR count). The summed E-state index contributed by atoms with van der Waals surface area (Å²) in [6, 6.07) is 1.59. The third-order valence-corrected chi connectivity index (χ3v) is 5.26. The van der Waals surface area contributed by atoms with Crippen molar-refractivity contribution in [3.63, 3.8) is 0 Å². The molecule has 3 heteroatoms. The van der Waals surface area contributed by atoms with Crippen molar-refractivity contribution in [1.82, 2.24) is 15.1 Å². The molecule has 0 spiro atoms. The molecule has 2 aliphatic heterocycles. The van der Waals surface area contributed by atoms with Crippen molar-refractivity contribution in [1.29, 1.82) is 0 Å². The zero-order valence-electron chi connectivity index (χ0n) is 13.7. The predicted molar refractivity (Wildman–Crippen MR) is 87.3 cm³/mol. The van der Waals surface area contributed by atoms with Crippen LogP contribution in [0.25, 0.3) is 0 Å². The minimum atomic E-state index is 0.769. The van der Waals surface area contributed by atoms with E-state index in [1.54, 1.807) is 0 Å². The van der Waals surface area contributed by atoms with Crippen LogP contribution in [0.4, 0.5) is 0 Å². The van der Waals surface area contributed by atoms with Crippen LogP contribution in [0.5, 0.6) is 0 Å². The van der Waals surface area contributed by atoms with E-state index in [4.69, 9.17) is 0 Å². The van der Waals surface area contributed by atoms with Crippen molar-refractivity contribution in [3.8, 4) is 0 Å². The smallest absolute Gasteiger partial charge is 0.00797 e. The number of nitrogens with zero attached hydrogens (tertiary/aromatic N) is 2. The predicted octanol–water partition coefficient (Wildman–Crippen LogP) is 2.71. The second-order valence-electron chi connectivity index (χ2n) is 6.75. The lowest BCUT2D eigenvalue weighted by atomic mass is 10.0. The molecule has 2 saturated heterocycles. The Morgan fingerprint density at radius 2 is 1.90 bits per heavy atom. The van der Waals surface area contributed by atoms with E-state index in [2.05, 4.69) is 29.0 Å². The van der Waals surface area contributed by atoms with Gasteiger partial charge < -0.3 is 15.1 Å². The van der Waals surface area contributed by atoms with Gasteiger partial charge in [-0.2, -0.15) is 0 Å². The van der Waals surface area contributed by atoms with E-state index in [0.29, 0.717) is 0 Å². The molecule has 1 N–H and O–H groups in total. The summed E-state index contributed by atoms with van der Waals surface area (Å²) < 4.78 is 0. The van der Waals surface area contributed by atoms with E-state index < -0.39 is 0 Å². The molecular weight excluding hydrogens is 246 g/mol. The average molecular weight is 281 g/mol. The van der Waals surface area contributed by atoms with Gasteiger partial charge >= 0.3 is 0 Å². The Hall–Kier alpha value is -0.120. The highest BCUT2D eigenvalue weighted by molar-refractivity contribution is 4.76. The van der Waals surface area contributed by atoms with E-state index in [-0.39, 0.29) is 0 Å². The first kappa shape index (κ1) is 16.3. The largest absolute Gasteiger partial charge is 0.314 e. The number of hydrogen-bond donors (Lipinski definition) is 1. The summed E-state index contributed by atoms with van der Waals surface area (Å²) >= 11 is 0. The van der Waals surface area contributed by atoms with Crippen molar-refractivity contribution in [2.75, 3.05) is 39.3 Å². The van der Waals surface area contributed by atoms with Gasteiger partial charge in [0.1, 0.15) is 0 Å². The summed E-state index contributed by atoms with van der Waals surface area (Å²) in [7, 11) is 0. The molecule has 0 amide bonds. The Bertz CT molecular complexity index is 257. The molecule has 2 aliphatic rings. The highest BCUT2D eigenvalue weighted by atomic mass is 15.2. The quantitative estimate of drug-likeness (QED) is 0.755. The minimum absolute atomic E-state index is 0.769. The molecule has 0 aromatic rings. The maximum atomic E-state index is 3.81. The number of piperidine rings is 1. The molecular formula is C17H35N3. The van der Waals surface area contributed by atoms with Crippen LogP contribution in [-0.4, -0.2) is 61.2 Å². The van der Waals surface area contributed by atoms with E-state index in [1.165, 1.54) is 84.2 Å². The Kier molecular flexibility index (Phi) is 7.32. The Morgan fingerprint density at radius 1 is 1.00 bits per heavy atom. The van der Waals surface area contributed by atoms with Crippen LogP contribution in [-0.2, 0) is 0 Å². The third-order valence-electron chi connectivity index (χ3n) is 5.26. The van der Waals surface area contributed by atoms with Crippen molar-refractivity contribution < 1.29 is 0 Å². The second-order valence-corrected chi connectivity index (χ2v) is 6.75. The molecule has 0 radical (unpaired) electrons. The average Bonchev–Trinajstić information content (AvgIpc) is 2.70. The fraction of sp³-hybridized carbons (Fsp3) is 1.00. The Balaban J connectivity index is 1.56.